The molecule has 0 bridgehead atoms. The van der Waals surface area contributed by atoms with E-state index in [4.69, 9.17) is 16.6 Å². The Hall–Kier alpha value is -0.770. The summed E-state index contributed by atoms with van der Waals surface area (Å²) >= 11 is 0. The highest BCUT2D eigenvalue weighted by atomic mass is 16.3. The van der Waals surface area contributed by atoms with Gasteiger partial charge in [-0.25, -0.2) is 0 Å². The van der Waals surface area contributed by atoms with E-state index in [-0.39, 0.29) is 18.0 Å². The smallest absolute Gasteiger partial charge is 0.185 e. The van der Waals surface area contributed by atoms with E-state index in [2.05, 4.69) is 4.99 Å². The van der Waals surface area contributed by atoms with Crippen LogP contribution in [0.4, 0.5) is 0 Å². The zero-order valence-corrected chi connectivity index (χ0v) is 6.58. The van der Waals surface area contributed by atoms with E-state index in [9.17, 15) is 0 Å². The Bertz CT molecular complexity index is 154. The molecular formula is C7H15N3O. The molecular weight excluding hydrogens is 142 g/mol. The molecule has 4 nitrogen and oxygen atoms in total. The van der Waals surface area contributed by atoms with E-state index >= 15 is 0 Å². The summed E-state index contributed by atoms with van der Waals surface area (Å²) in [7, 11) is 0. The first-order valence-corrected chi connectivity index (χ1v) is 3.85. The van der Waals surface area contributed by atoms with E-state index in [1.54, 1.807) is 0 Å². The van der Waals surface area contributed by atoms with Gasteiger partial charge in [-0.1, -0.05) is 6.42 Å². The largest absolute Gasteiger partial charge is 0.396 e. The van der Waals surface area contributed by atoms with Crippen molar-refractivity contribution >= 4 is 5.96 Å². The summed E-state index contributed by atoms with van der Waals surface area (Å²) in [5.41, 5.74) is 10.4. The SMILES string of the molecule is NC(N)=NCC1(CO)CCC1. The Morgan fingerprint density at radius 3 is 2.36 bits per heavy atom. The molecule has 0 aromatic rings. The number of hydrogen-bond acceptors (Lipinski definition) is 2. The Morgan fingerprint density at radius 1 is 1.45 bits per heavy atom. The number of aliphatic hydroxyl groups excluding tert-OH is 1. The minimum Gasteiger partial charge on any atom is -0.396 e. The van der Waals surface area contributed by atoms with Crippen molar-refractivity contribution in [2.45, 2.75) is 19.3 Å². The molecule has 1 fully saturated rings. The van der Waals surface area contributed by atoms with Crippen molar-refractivity contribution in [2.24, 2.45) is 21.9 Å². The van der Waals surface area contributed by atoms with Crippen molar-refractivity contribution in [3.63, 3.8) is 0 Å². The number of aliphatic imine (C=N–C) groups is 1. The molecule has 0 aliphatic heterocycles. The van der Waals surface area contributed by atoms with Crippen LogP contribution in [0.2, 0.25) is 0 Å². The molecule has 0 aromatic carbocycles. The molecule has 0 aromatic heterocycles. The Kier molecular flexibility index (Phi) is 2.34. The summed E-state index contributed by atoms with van der Waals surface area (Å²) < 4.78 is 0. The van der Waals surface area contributed by atoms with Gasteiger partial charge in [-0.3, -0.25) is 4.99 Å². The number of guanidine groups is 1. The maximum absolute atomic E-state index is 9.00. The molecule has 11 heavy (non-hydrogen) atoms. The number of nitrogens with two attached hydrogens (primary N) is 2. The van der Waals surface area contributed by atoms with Crippen molar-refractivity contribution in [1.82, 2.24) is 0 Å². The van der Waals surface area contributed by atoms with Crippen LogP contribution < -0.4 is 11.5 Å². The van der Waals surface area contributed by atoms with Gasteiger partial charge in [0, 0.05) is 5.41 Å². The van der Waals surface area contributed by atoms with Crippen LogP contribution in [0, 0.1) is 5.41 Å². The molecule has 0 unspecified atom stereocenters. The van der Waals surface area contributed by atoms with Crippen LogP contribution in [0.1, 0.15) is 19.3 Å². The fraction of sp³-hybridized carbons (Fsp3) is 0.857. The molecule has 64 valence electrons. The van der Waals surface area contributed by atoms with E-state index in [0.717, 1.165) is 12.8 Å². The molecule has 1 saturated carbocycles. The molecule has 0 atom stereocenters. The van der Waals surface area contributed by atoms with Gasteiger partial charge in [0.05, 0.1) is 13.2 Å². The number of rotatable bonds is 3. The topological polar surface area (TPSA) is 84.6 Å². The van der Waals surface area contributed by atoms with Crippen LogP contribution in [0.5, 0.6) is 0 Å². The predicted molar refractivity (Wildman–Crippen MR) is 44.0 cm³/mol. The first-order chi connectivity index (χ1) is 5.18. The average Bonchev–Trinajstić information content (AvgIpc) is 1.86. The van der Waals surface area contributed by atoms with Crippen molar-refractivity contribution in [2.75, 3.05) is 13.2 Å². The van der Waals surface area contributed by atoms with Gasteiger partial charge in [0.2, 0.25) is 0 Å². The maximum Gasteiger partial charge on any atom is 0.185 e. The minimum atomic E-state index is 0.00396. The van der Waals surface area contributed by atoms with E-state index in [0.29, 0.717) is 6.54 Å². The van der Waals surface area contributed by atoms with Crippen LogP contribution in [0.25, 0.3) is 0 Å². The van der Waals surface area contributed by atoms with Crippen LogP contribution in [0.15, 0.2) is 4.99 Å². The fourth-order valence-electron chi connectivity index (χ4n) is 1.30. The van der Waals surface area contributed by atoms with Gasteiger partial charge in [0.1, 0.15) is 0 Å². The van der Waals surface area contributed by atoms with E-state index in [1.165, 1.54) is 6.42 Å². The third kappa shape index (κ3) is 1.83. The van der Waals surface area contributed by atoms with E-state index < -0.39 is 0 Å². The predicted octanol–water partition coefficient (Wildman–Crippen LogP) is -0.578. The lowest BCUT2D eigenvalue weighted by atomic mass is 9.69. The van der Waals surface area contributed by atoms with Gasteiger partial charge in [-0.15, -0.1) is 0 Å². The molecule has 0 radical (unpaired) electrons. The lowest BCUT2D eigenvalue weighted by molar-refractivity contribution is 0.0540. The Labute approximate surface area is 66.3 Å². The number of nitrogens with zero attached hydrogens (tertiary/aromatic N) is 1. The third-order valence-corrected chi connectivity index (χ3v) is 2.35. The number of hydrogen-bond donors (Lipinski definition) is 3. The first-order valence-electron chi connectivity index (χ1n) is 3.85. The van der Waals surface area contributed by atoms with E-state index in [1.807, 2.05) is 0 Å². The van der Waals surface area contributed by atoms with Crippen molar-refractivity contribution in [3.05, 3.63) is 0 Å². The second-order valence-electron chi connectivity index (χ2n) is 3.25. The molecule has 0 heterocycles. The van der Waals surface area contributed by atoms with Crippen LogP contribution in [0.3, 0.4) is 0 Å². The summed E-state index contributed by atoms with van der Waals surface area (Å²) in [5.74, 6) is 0.115. The first kappa shape index (κ1) is 8.33. The Balaban J connectivity index is 2.39. The zero-order valence-electron chi connectivity index (χ0n) is 6.58. The summed E-state index contributed by atoms with van der Waals surface area (Å²) in [6.45, 7) is 0.773. The molecule has 0 amide bonds. The molecule has 4 heteroatoms. The second-order valence-corrected chi connectivity index (χ2v) is 3.25. The quantitative estimate of drug-likeness (QED) is 0.378. The summed E-state index contributed by atoms with van der Waals surface area (Å²) in [6, 6.07) is 0. The molecule has 1 aliphatic carbocycles. The molecule has 5 N–H and O–H groups in total. The van der Waals surface area contributed by atoms with Crippen molar-refractivity contribution in [3.8, 4) is 0 Å². The van der Waals surface area contributed by atoms with Crippen molar-refractivity contribution < 1.29 is 5.11 Å². The van der Waals surface area contributed by atoms with Gasteiger partial charge in [-0.05, 0) is 12.8 Å². The van der Waals surface area contributed by atoms with Gasteiger partial charge < -0.3 is 16.6 Å². The average molecular weight is 157 g/mol. The Morgan fingerprint density at radius 2 is 2.09 bits per heavy atom. The summed E-state index contributed by atoms with van der Waals surface area (Å²) in [5, 5.41) is 9.00. The molecule has 1 aliphatic rings. The third-order valence-electron chi connectivity index (χ3n) is 2.35. The maximum atomic E-state index is 9.00. The van der Waals surface area contributed by atoms with Crippen LogP contribution in [-0.2, 0) is 0 Å². The van der Waals surface area contributed by atoms with Gasteiger partial charge in [-0.2, -0.15) is 0 Å². The minimum absolute atomic E-state index is 0.00396. The standard InChI is InChI=1S/C7H15N3O/c8-6(9)10-4-7(5-11)2-1-3-7/h11H,1-5H2,(H4,8,9,10). The zero-order chi connectivity index (χ0) is 8.32. The van der Waals surface area contributed by atoms with Crippen LogP contribution >= 0.6 is 0 Å². The highest BCUT2D eigenvalue weighted by Crippen LogP contribution is 2.40. The number of aliphatic hydroxyl groups is 1. The van der Waals surface area contributed by atoms with Gasteiger partial charge in [0.25, 0.3) is 0 Å². The van der Waals surface area contributed by atoms with Crippen molar-refractivity contribution in [1.29, 1.82) is 0 Å². The lowest BCUT2D eigenvalue weighted by Crippen LogP contribution is -2.37. The molecule has 0 saturated heterocycles. The normalized spacial score (nSPS) is 20.5. The van der Waals surface area contributed by atoms with Crippen LogP contribution in [-0.4, -0.2) is 24.2 Å². The fourth-order valence-corrected chi connectivity index (χ4v) is 1.30. The van der Waals surface area contributed by atoms with Gasteiger partial charge >= 0.3 is 0 Å². The highest BCUT2D eigenvalue weighted by molar-refractivity contribution is 5.75. The highest BCUT2D eigenvalue weighted by Gasteiger charge is 2.35. The van der Waals surface area contributed by atoms with Gasteiger partial charge in [0.15, 0.2) is 5.96 Å². The molecule has 0 spiro atoms. The lowest BCUT2D eigenvalue weighted by Gasteiger charge is -2.38. The molecule has 1 rings (SSSR count). The summed E-state index contributed by atoms with van der Waals surface area (Å²) in [6.07, 6.45) is 3.26. The monoisotopic (exact) mass is 157 g/mol. The summed E-state index contributed by atoms with van der Waals surface area (Å²) in [4.78, 5) is 3.90. The second kappa shape index (κ2) is 3.09.